The lowest BCUT2D eigenvalue weighted by Gasteiger charge is -2.12. The lowest BCUT2D eigenvalue weighted by Crippen LogP contribution is -2.26. The van der Waals surface area contributed by atoms with Crippen LogP contribution in [0.3, 0.4) is 0 Å². The number of ether oxygens (including phenoxy) is 2. The zero-order valence-corrected chi connectivity index (χ0v) is 12.8. The Hall–Kier alpha value is -0.120. The van der Waals surface area contributed by atoms with Crippen molar-refractivity contribution in [2.75, 3.05) is 33.0 Å². The van der Waals surface area contributed by atoms with Gasteiger partial charge in [0, 0.05) is 19.3 Å². The summed E-state index contributed by atoms with van der Waals surface area (Å²) in [6.07, 6.45) is 4.85. The van der Waals surface area contributed by atoms with Crippen molar-refractivity contribution in [1.29, 1.82) is 0 Å². The molecule has 0 saturated carbocycles. The highest BCUT2D eigenvalue weighted by atomic mass is 16.5. The second-order valence-electron chi connectivity index (χ2n) is 5.43. The predicted molar refractivity (Wildman–Crippen MR) is 78.1 cm³/mol. The SMILES string of the molecule is CCCNC(C)CCCCOCCOCC(C)C. The lowest BCUT2D eigenvalue weighted by molar-refractivity contribution is 0.0365. The Bertz CT molecular complexity index is 163. The molecule has 110 valence electrons. The Labute approximate surface area is 114 Å². The van der Waals surface area contributed by atoms with E-state index in [1.165, 1.54) is 19.3 Å². The number of hydrogen-bond acceptors (Lipinski definition) is 3. The van der Waals surface area contributed by atoms with Crippen molar-refractivity contribution in [2.24, 2.45) is 5.92 Å². The average Bonchev–Trinajstić information content (AvgIpc) is 2.34. The fraction of sp³-hybridized carbons (Fsp3) is 1.00. The van der Waals surface area contributed by atoms with Crippen molar-refractivity contribution in [3.63, 3.8) is 0 Å². The van der Waals surface area contributed by atoms with E-state index in [0.717, 1.165) is 39.4 Å². The highest BCUT2D eigenvalue weighted by molar-refractivity contribution is 4.59. The molecule has 0 aromatic rings. The van der Waals surface area contributed by atoms with Gasteiger partial charge in [-0.2, -0.15) is 0 Å². The van der Waals surface area contributed by atoms with Crippen molar-refractivity contribution >= 4 is 0 Å². The third-order valence-corrected chi connectivity index (χ3v) is 2.74. The molecule has 3 heteroatoms. The van der Waals surface area contributed by atoms with Crippen LogP contribution in [0.25, 0.3) is 0 Å². The summed E-state index contributed by atoms with van der Waals surface area (Å²) in [7, 11) is 0. The van der Waals surface area contributed by atoms with Crippen LogP contribution in [0.15, 0.2) is 0 Å². The topological polar surface area (TPSA) is 30.5 Å². The smallest absolute Gasteiger partial charge is 0.0700 e. The maximum Gasteiger partial charge on any atom is 0.0700 e. The molecule has 0 aliphatic carbocycles. The predicted octanol–water partition coefficient (Wildman–Crippen LogP) is 3.23. The van der Waals surface area contributed by atoms with Crippen molar-refractivity contribution < 1.29 is 9.47 Å². The molecule has 0 aromatic carbocycles. The van der Waals surface area contributed by atoms with Crippen molar-refractivity contribution in [1.82, 2.24) is 5.32 Å². The van der Waals surface area contributed by atoms with Gasteiger partial charge in [-0.15, -0.1) is 0 Å². The van der Waals surface area contributed by atoms with Gasteiger partial charge < -0.3 is 14.8 Å². The number of unbranched alkanes of at least 4 members (excludes halogenated alkanes) is 1. The molecule has 0 aliphatic rings. The molecule has 0 aliphatic heterocycles. The Morgan fingerprint density at radius 3 is 2.33 bits per heavy atom. The van der Waals surface area contributed by atoms with E-state index >= 15 is 0 Å². The van der Waals surface area contributed by atoms with Crippen LogP contribution in [0.2, 0.25) is 0 Å². The first kappa shape index (κ1) is 17.9. The molecule has 3 nitrogen and oxygen atoms in total. The summed E-state index contributed by atoms with van der Waals surface area (Å²) in [5, 5.41) is 3.50. The van der Waals surface area contributed by atoms with Gasteiger partial charge in [-0.25, -0.2) is 0 Å². The van der Waals surface area contributed by atoms with E-state index < -0.39 is 0 Å². The second kappa shape index (κ2) is 13.3. The quantitative estimate of drug-likeness (QED) is 0.515. The highest BCUT2D eigenvalue weighted by Gasteiger charge is 1.99. The van der Waals surface area contributed by atoms with Gasteiger partial charge in [0.2, 0.25) is 0 Å². The van der Waals surface area contributed by atoms with Crippen LogP contribution >= 0.6 is 0 Å². The summed E-state index contributed by atoms with van der Waals surface area (Å²) < 4.78 is 11.0. The summed E-state index contributed by atoms with van der Waals surface area (Å²) in [6, 6.07) is 0.638. The van der Waals surface area contributed by atoms with Crippen LogP contribution < -0.4 is 5.32 Å². The molecule has 0 heterocycles. The summed E-state index contributed by atoms with van der Waals surface area (Å²) in [4.78, 5) is 0. The minimum absolute atomic E-state index is 0.613. The first-order chi connectivity index (χ1) is 8.66. The molecule has 0 radical (unpaired) electrons. The molecular formula is C15H33NO2. The van der Waals surface area contributed by atoms with Gasteiger partial charge in [-0.3, -0.25) is 0 Å². The number of nitrogens with one attached hydrogen (secondary N) is 1. The molecule has 0 rings (SSSR count). The standard InChI is InChI=1S/C15H33NO2/c1-5-9-16-15(4)8-6-7-10-17-11-12-18-13-14(2)3/h14-16H,5-13H2,1-4H3. The molecule has 1 unspecified atom stereocenters. The number of hydrogen-bond donors (Lipinski definition) is 1. The maximum atomic E-state index is 5.53. The van der Waals surface area contributed by atoms with E-state index in [1.807, 2.05) is 0 Å². The van der Waals surface area contributed by atoms with Crippen LogP contribution in [0.4, 0.5) is 0 Å². The zero-order chi connectivity index (χ0) is 13.6. The summed E-state index contributed by atoms with van der Waals surface area (Å²) in [5.41, 5.74) is 0. The third-order valence-electron chi connectivity index (χ3n) is 2.74. The van der Waals surface area contributed by atoms with Crippen LogP contribution in [0.1, 0.15) is 53.4 Å². The molecule has 0 fully saturated rings. The lowest BCUT2D eigenvalue weighted by atomic mass is 10.1. The monoisotopic (exact) mass is 259 g/mol. The molecule has 18 heavy (non-hydrogen) atoms. The van der Waals surface area contributed by atoms with E-state index in [4.69, 9.17) is 9.47 Å². The molecule has 1 atom stereocenters. The Balaban J connectivity index is 3.07. The normalized spacial score (nSPS) is 13.2. The zero-order valence-electron chi connectivity index (χ0n) is 12.8. The molecule has 0 bridgehead atoms. The van der Waals surface area contributed by atoms with Crippen molar-refractivity contribution in [2.45, 2.75) is 59.4 Å². The second-order valence-corrected chi connectivity index (χ2v) is 5.43. The van der Waals surface area contributed by atoms with E-state index in [9.17, 15) is 0 Å². The first-order valence-electron chi connectivity index (χ1n) is 7.55. The molecule has 1 N–H and O–H groups in total. The molecule has 0 aromatic heterocycles. The van der Waals surface area contributed by atoms with Gasteiger partial charge in [-0.05, 0) is 45.1 Å². The van der Waals surface area contributed by atoms with E-state index in [2.05, 4.69) is 33.0 Å². The maximum absolute atomic E-state index is 5.53. The largest absolute Gasteiger partial charge is 0.379 e. The molecular weight excluding hydrogens is 226 g/mol. The highest BCUT2D eigenvalue weighted by Crippen LogP contribution is 2.01. The van der Waals surface area contributed by atoms with Crippen LogP contribution in [-0.2, 0) is 9.47 Å². The third kappa shape index (κ3) is 13.9. The minimum Gasteiger partial charge on any atom is -0.379 e. The van der Waals surface area contributed by atoms with E-state index in [1.54, 1.807) is 0 Å². The van der Waals surface area contributed by atoms with Crippen LogP contribution in [0.5, 0.6) is 0 Å². The van der Waals surface area contributed by atoms with E-state index in [-0.39, 0.29) is 0 Å². The summed E-state index contributed by atoms with van der Waals surface area (Å²) in [6.45, 7) is 13.1. The summed E-state index contributed by atoms with van der Waals surface area (Å²) in [5.74, 6) is 0.613. The summed E-state index contributed by atoms with van der Waals surface area (Å²) >= 11 is 0. The molecule has 0 amide bonds. The van der Waals surface area contributed by atoms with Gasteiger partial charge in [0.05, 0.1) is 13.2 Å². The van der Waals surface area contributed by atoms with Gasteiger partial charge in [0.15, 0.2) is 0 Å². The van der Waals surface area contributed by atoms with Crippen LogP contribution in [-0.4, -0.2) is 39.0 Å². The van der Waals surface area contributed by atoms with Gasteiger partial charge in [0.1, 0.15) is 0 Å². The Morgan fingerprint density at radius 1 is 0.944 bits per heavy atom. The van der Waals surface area contributed by atoms with Crippen LogP contribution in [0, 0.1) is 5.92 Å². The Morgan fingerprint density at radius 2 is 1.67 bits per heavy atom. The number of rotatable bonds is 13. The van der Waals surface area contributed by atoms with Gasteiger partial charge in [-0.1, -0.05) is 20.8 Å². The average molecular weight is 259 g/mol. The fourth-order valence-corrected chi connectivity index (χ4v) is 1.69. The minimum atomic E-state index is 0.613. The van der Waals surface area contributed by atoms with Crippen molar-refractivity contribution in [3.8, 4) is 0 Å². The Kier molecular flexibility index (Phi) is 13.2. The first-order valence-corrected chi connectivity index (χ1v) is 7.55. The molecule has 0 saturated heterocycles. The fourth-order valence-electron chi connectivity index (χ4n) is 1.69. The van der Waals surface area contributed by atoms with E-state index in [0.29, 0.717) is 12.0 Å². The van der Waals surface area contributed by atoms with Gasteiger partial charge in [0.25, 0.3) is 0 Å². The van der Waals surface area contributed by atoms with Gasteiger partial charge >= 0.3 is 0 Å². The van der Waals surface area contributed by atoms with Crippen molar-refractivity contribution in [3.05, 3.63) is 0 Å². The molecule has 0 spiro atoms.